The average molecular weight is 213 g/mol. The zero-order chi connectivity index (χ0) is 7.68. The van der Waals surface area contributed by atoms with Gasteiger partial charge in [-0.3, -0.25) is 0 Å². The van der Waals surface area contributed by atoms with Crippen LogP contribution in [0.1, 0.15) is 18.0 Å². The van der Waals surface area contributed by atoms with Crippen LogP contribution in [0.4, 0.5) is 0 Å². The number of hydrogen-bond donors (Lipinski definition) is 1. The second-order valence-corrected chi connectivity index (χ2v) is 3.43. The monoisotopic (exact) mass is 212 g/mol. The lowest BCUT2D eigenvalue weighted by molar-refractivity contribution is 0.381. The van der Waals surface area contributed by atoms with Crippen molar-refractivity contribution >= 4 is 15.9 Å². The van der Waals surface area contributed by atoms with Crippen LogP contribution in [0.5, 0.6) is 0 Å². The second-order valence-electron chi connectivity index (χ2n) is 2.68. The number of hydrogen-bond acceptors (Lipinski definition) is 2. The maximum atomic E-state index is 4.16. The van der Waals surface area contributed by atoms with E-state index in [1.165, 1.54) is 12.0 Å². The minimum Gasteiger partial charge on any atom is -0.310 e. The smallest absolute Gasteiger partial charge is 0.110 e. The van der Waals surface area contributed by atoms with Gasteiger partial charge < -0.3 is 5.32 Å². The van der Waals surface area contributed by atoms with Crippen LogP contribution in [0, 0.1) is 0 Å². The van der Waals surface area contributed by atoms with Gasteiger partial charge in [0, 0.05) is 17.8 Å². The maximum absolute atomic E-state index is 4.16. The molecule has 58 valence electrons. The van der Waals surface area contributed by atoms with Gasteiger partial charge in [0.1, 0.15) is 4.60 Å². The van der Waals surface area contributed by atoms with E-state index in [1.807, 2.05) is 6.07 Å². The summed E-state index contributed by atoms with van der Waals surface area (Å²) in [7, 11) is 0. The molecule has 2 nitrogen and oxygen atoms in total. The fraction of sp³-hybridized carbons (Fsp3) is 0.375. The molecule has 1 saturated heterocycles. The van der Waals surface area contributed by atoms with E-state index < -0.39 is 0 Å². The van der Waals surface area contributed by atoms with Gasteiger partial charge >= 0.3 is 0 Å². The topological polar surface area (TPSA) is 24.9 Å². The zero-order valence-electron chi connectivity index (χ0n) is 6.05. The molecule has 2 rings (SSSR count). The highest BCUT2D eigenvalue weighted by molar-refractivity contribution is 9.10. The van der Waals surface area contributed by atoms with Gasteiger partial charge in [0.05, 0.1) is 0 Å². The quantitative estimate of drug-likeness (QED) is 0.720. The summed E-state index contributed by atoms with van der Waals surface area (Å²) in [5, 5.41) is 3.33. The standard InChI is InChI=1S/C8H9BrN2/c9-8-6(2-1-4-11-8)7-3-5-10-7/h1-2,4,7,10H,3,5H2. The van der Waals surface area contributed by atoms with E-state index in [2.05, 4.69) is 32.3 Å². The molecule has 1 unspecified atom stereocenters. The Morgan fingerprint density at radius 3 is 3.00 bits per heavy atom. The molecule has 0 bridgehead atoms. The van der Waals surface area contributed by atoms with E-state index in [4.69, 9.17) is 0 Å². The van der Waals surface area contributed by atoms with Crippen LogP contribution in [0.25, 0.3) is 0 Å². The molecule has 1 N–H and O–H groups in total. The lowest BCUT2D eigenvalue weighted by atomic mass is 10.0. The molecule has 3 heteroatoms. The number of rotatable bonds is 1. The Bertz CT molecular complexity index is 258. The van der Waals surface area contributed by atoms with Crippen LogP contribution in [0.2, 0.25) is 0 Å². The van der Waals surface area contributed by atoms with Crippen LogP contribution in [-0.4, -0.2) is 11.5 Å². The van der Waals surface area contributed by atoms with Crippen LogP contribution >= 0.6 is 15.9 Å². The SMILES string of the molecule is Brc1ncccc1C1CCN1. The summed E-state index contributed by atoms with van der Waals surface area (Å²) < 4.78 is 0.970. The fourth-order valence-electron chi connectivity index (χ4n) is 1.21. The average Bonchev–Trinajstić information content (AvgIpc) is 1.90. The normalized spacial score (nSPS) is 22.8. The minimum atomic E-state index is 0.526. The molecular formula is C8H9BrN2. The van der Waals surface area contributed by atoms with Crippen molar-refractivity contribution in [1.29, 1.82) is 0 Å². The van der Waals surface area contributed by atoms with Crippen molar-refractivity contribution in [3.63, 3.8) is 0 Å². The molecule has 1 aromatic rings. The van der Waals surface area contributed by atoms with E-state index >= 15 is 0 Å². The molecule has 1 aromatic heterocycles. The number of nitrogens with zero attached hydrogens (tertiary/aromatic N) is 1. The molecule has 1 aliphatic rings. The first-order chi connectivity index (χ1) is 5.38. The van der Waals surface area contributed by atoms with Crippen molar-refractivity contribution in [3.05, 3.63) is 28.5 Å². The van der Waals surface area contributed by atoms with Gasteiger partial charge in [0.2, 0.25) is 0 Å². The highest BCUT2D eigenvalue weighted by atomic mass is 79.9. The first-order valence-corrected chi connectivity index (χ1v) is 4.51. The predicted molar refractivity (Wildman–Crippen MR) is 47.3 cm³/mol. The number of pyridine rings is 1. The molecule has 0 radical (unpaired) electrons. The summed E-state index contributed by atoms with van der Waals surface area (Å²) in [6.07, 6.45) is 3.02. The van der Waals surface area contributed by atoms with Crippen LogP contribution < -0.4 is 5.32 Å². The Morgan fingerprint density at radius 2 is 2.45 bits per heavy atom. The molecule has 1 atom stereocenters. The molecule has 11 heavy (non-hydrogen) atoms. The molecule has 0 spiro atoms. The predicted octanol–water partition coefficient (Wildman–Crippen LogP) is 1.88. The van der Waals surface area contributed by atoms with Crippen molar-refractivity contribution in [1.82, 2.24) is 10.3 Å². The maximum Gasteiger partial charge on any atom is 0.110 e. The third-order valence-electron chi connectivity index (χ3n) is 1.99. The molecule has 2 heterocycles. The van der Waals surface area contributed by atoms with E-state index in [9.17, 15) is 0 Å². The first-order valence-electron chi connectivity index (χ1n) is 3.72. The van der Waals surface area contributed by atoms with Gasteiger partial charge in [-0.2, -0.15) is 0 Å². The summed E-state index contributed by atoms with van der Waals surface area (Å²) in [4.78, 5) is 4.16. The lowest BCUT2D eigenvalue weighted by Crippen LogP contribution is -2.35. The van der Waals surface area contributed by atoms with Crippen molar-refractivity contribution in [3.8, 4) is 0 Å². The summed E-state index contributed by atoms with van der Waals surface area (Å²) in [6, 6.07) is 4.60. The number of nitrogens with one attached hydrogen (secondary N) is 1. The van der Waals surface area contributed by atoms with Gasteiger partial charge in [-0.05, 0) is 35.0 Å². The number of halogens is 1. The summed E-state index contributed by atoms with van der Waals surface area (Å²) >= 11 is 3.42. The molecule has 0 aromatic carbocycles. The molecule has 0 aliphatic carbocycles. The fourth-order valence-corrected chi connectivity index (χ4v) is 1.74. The van der Waals surface area contributed by atoms with Crippen molar-refractivity contribution in [2.75, 3.05) is 6.54 Å². The van der Waals surface area contributed by atoms with Gasteiger partial charge in [-0.15, -0.1) is 0 Å². The highest BCUT2D eigenvalue weighted by Gasteiger charge is 2.20. The van der Waals surface area contributed by atoms with Crippen molar-refractivity contribution in [2.24, 2.45) is 0 Å². The molecule has 0 saturated carbocycles. The summed E-state index contributed by atoms with van der Waals surface area (Å²) in [5.74, 6) is 0. The van der Waals surface area contributed by atoms with Crippen LogP contribution in [-0.2, 0) is 0 Å². The molecule has 1 fully saturated rings. The Balaban J connectivity index is 2.28. The van der Waals surface area contributed by atoms with E-state index in [0.717, 1.165) is 11.1 Å². The summed E-state index contributed by atoms with van der Waals surface area (Å²) in [6.45, 7) is 1.13. The Kier molecular flexibility index (Phi) is 1.92. The van der Waals surface area contributed by atoms with E-state index in [1.54, 1.807) is 6.20 Å². The Morgan fingerprint density at radius 1 is 1.64 bits per heavy atom. The third-order valence-corrected chi connectivity index (χ3v) is 2.65. The van der Waals surface area contributed by atoms with E-state index in [0.29, 0.717) is 6.04 Å². The third kappa shape index (κ3) is 1.30. The minimum absolute atomic E-state index is 0.526. The number of aromatic nitrogens is 1. The van der Waals surface area contributed by atoms with Crippen LogP contribution in [0.15, 0.2) is 22.9 Å². The Hall–Kier alpha value is -0.410. The molecule has 1 aliphatic heterocycles. The lowest BCUT2D eigenvalue weighted by Gasteiger charge is -2.28. The van der Waals surface area contributed by atoms with Gasteiger partial charge in [-0.1, -0.05) is 6.07 Å². The largest absolute Gasteiger partial charge is 0.310 e. The van der Waals surface area contributed by atoms with Gasteiger partial charge in [0.25, 0.3) is 0 Å². The van der Waals surface area contributed by atoms with Crippen molar-refractivity contribution < 1.29 is 0 Å². The summed E-state index contributed by atoms with van der Waals surface area (Å²) in [5.41, 5.74) is 1.28. The van der Waals surface area contributed by atoms with E-state index in [-0.39, 0.29) is 0 Å². The second kappa shape index (κ2) is 2.91. The zero-order valence-corrected chi connectivity index (χ0v) is 7.63. The van der Waals surface area contributed by atoms with Gasteiger partial charge in [0.15, 0.2) is 0 Å². The Labute approximate surface area is 74.2 Å². The van der Waals surface area contributed by atoms with Crippen molar-refractivity contribution in [2.45, 2.75) is 12.5 Å². The van der Waals surface area contributed by atoms with Gasteiger partial charge in [-0.25, -0.2) is 4.98 Å². The van der Waals surface area contributed by atoms with Crippen LogP contribution in [0.3, 0.4) is 0 Å². The molecule has 0 amide bonds. The highest BCUT2D eigenvalue weighted by Crippen LogP contribution is 2.27. The molecular weight excluding hydrogens is 204 g/mol. The first kappa shape index (κ1) is 7.25.